The maximum absolute atomic E-state index is 13.1. The van der Waals surface area contributed by atoms with Crippen molar-refractivity contribution in [1.29, 1.82) is 0 Å². The minimum Gasteiger partial charge on any atom is -0.497 e. The van der Waals surface area contributed by atoms with Crippen LogP contribution >= 0.6 is 12.2 Å². The normalized spacial score (nSPS) is 17.5. The van der Waals surface area contributed by atoms with Crippen molar-refractivity contribution < 1.29 is 9.53 Å². The van der Waals surface area contributed by atoms with Crippen molar-refractivity contribution in [2.75, 3.05) is 7.11 Å². The number of ether oxygens (including phenoxy) is 1. The molecule has 25 heavy (non-hydrogen) atoms. The summed E-state index contributed by atoms with van der Waals surface area (Å²) >= 11 is 4.89. The molecule has 0 heterocycles. The first-order valence-electron chi connectivity index (χ1n) is 8.17. The number of aryl methyl sites for hydroxylation is 1. The number of carbonyl (C=O) groups excluding carboxylic acids is 1. The van der Waals surface area contributed by atoms with E-state index in [0.29, 0.717) is 0 Å². The fraction of sp³-hybridized carbons (Fsp3) is 0.263. The Morgan fingerprint density at radius 3 is 2.72 bits per heavy atom. The number of benzene rings is 2. The second-order valence-corrected chi connectivity index (χ2v) is 6.49. The van der Waals surface area contributed by atoms with Gasteiger partial charge in [0.2, 0.25) is 0 Å². The Morgan fingerprint density at radius 1 is 1.28 bits per heavy atom. The Labute approximate surface area is 152 Å². The highest BCUT2D eigenvalue weighted by molar-refractivity contribution is 7.80. The number of thiocarbonyl (C=S) groups is 1. The van der Waals surface area contributed by atoms with Gasteiger partial charge in [-0.2, -0.15) is 0 Å². The molecule has 0 aliphatic heterocycles. The van der Waals surface area contributed by atoms with Crippen LogP contribution in [-0.2, 0) is 6.42 Å². The maximum atomic E-state index is 13.1. The minimum atomic E-state index is -0.217. The van der Waals surface area contributed by atoms with E-state index in [0.717, 1.165) is 35.3 Å². The molecule has 6 heteroatoms. The monoisotopic (exact) mass is 355 g/mol. The van der Waals surface area contributed by atoms with Gasteiger partial charge in [0.1, 0.15) is 5.75 Å². The molecule has 0 aromatic heterocycles. The number of fused-ring (bicyclic) bond motifs is 1. The number of Topliss-reactive ketones (excluding diaryl/α,β-unsaturated/α-hetero) is 1. The number of rotatable bonds is 5. The van der Waals surface area contributed by atoms with E-state index in [1.807, 2.05) is 48.5 Å². The van der Waals surface area contributed by atoms with Gasteiger partial charge < -0.3 is 10.5 Å². The van der Waals surface area contributed by atoms with Gasteiger partial charge in [-0.05, 0) is 54.4 Å². The van der Waals surface area contributed by atoms with E-state index in [1.54, 1.807) is 7.11 Å². The second kappa shape index (κ2) is 7.63. The molecular formula is C19H21N3O2S. The second-order valence-electron chi connectivity index (χ2n) is 6.05. The molecule has 130 valence electrons. The smallest absolute Gasteiger partial charge is 0.178 e. The molecule has 1 aliphatic rings. The summed E-state index contributed by atoms with van der Waals surface area (Å²) in [6.45, 7) is 0. The molecule has 2 atom stereocenters. The van der Waals surface area contributed by atoms with Crippen LogP contribution in [0.2, 0.25) is 0 Å². The van der Waals surface area contributed by atoms with Crippen LogP contribution in [0.1, 0.15) is 33.9 Å². The largest absolute Gasteiger partial charge is 0.497 e. The van der Waals surface area contributed by atoms with Crippen LogP contribution < -0.4 is 21.3 Å². The van der Waals surface area contributed by atoms with Gasteiger partial charge in [0.15, 0.2) is 10.9 Å². The third-order valence-electron chi connectivity index (χ3n) is 4.55. The number of hydrogen-bond donors (Lipinski definition) is 3. The molecule has 0 amide bonds. The molecule has 5 nitrogen and oxygen atoms in total. The van der Waals surface area contributed by atoms with Crippen LogP contribution in [0.15, 0.2) is 48.5 Å². The molecule has 0 spiro atoms. The molecule has 0 saturated heterocycles. The fourth-order valence-corrected chi connectivity index (χ4v) is 3.39. The predicted octanol–water partition coefficient (Wildman–Crippen LogP) is 2.52. The molecule has 1 aliphatic carbocycles. The predicted molar refractivity (Wildman–Crippen MR) is 101 cm³/mol. The van der Waals surface area contributed by atoms with Crippen LogP contribution in [0.5, 0.6) is 5.75 Å². The summed E-state index contributed by atoms with van der Waals surface area (Å²) < 4.78 is 5.26. The quantitative estimate of drug-likeness (QED) is 0.565. The lowest BCUT2D eigenvalue weighted by molar-refractivity contribution is 0.0863. The highest BCUT2D eigenvalue weighted by Gasteiger charge is 2.34. The summed E-state index contributed by atoms with van der Waals surface area (Å²) in [5.41, 5.74) is 14.3. The highest BCUT2D eigenvalue weighted by Crippen LogP contribution is 2.35. The van der Waals surface area contributed by atoms with E-state index in [4.69, 9.17) is 22.7 Å². The molecule has 4 N–H and O–H groups in total. The van der Waals surface area contributed by atoms with Gasteiger partial charge in [0, 0.05) is 11.5 Å². The summed E-state index contributed by atoms with van der Waals surface area (Å²) in [6, 6.07) is 15.3. The highest BCUT2D eigenvalue weighted by atomic mass is 32.1. The SMILES string of the molecule is COc1ccc2c(c1)CCC(C(NNC(N)=S)c1ccccc1)C2=O. The van der Waals surface area contributed by atoms with E-state index in [9.17, 15) is 4.79 Å². The van der Waals surface area contributed by atoms with Crippen LogP contribution in [0.4, 0.5) is 0 Å². The van der Waals surface area contributed by atoms with Gasteiger partial charge in [-0.15, -0.1) is 0 Å². The summed E-state index contributed by atoms with van der Waals surface area (Å²) in [4.78, 5) is 13.1. The molecular weight excluding hydrogens is 334 g/mol. The Balaban J connectivity index is 1.90. The molecule has 0 fully saturated rings. The summed E-state index contributed by atoms with van der Waals surface area (Å²) in [5.74, 6) is 0.693. The average Bonchev–Trinajstić information content (AvgIpc) is 2.64. The van der Waals surface area contributed by atoms with Gasteiger partial charge in [-0.1, -0.05) is 30.3 Å². The van der Waals surface area contributed by atoms with Crippen molar-refractivity contribution >= 4 is 23.1 Å². The fourth-order valence-electron chi connectivity index (χ4n) is 3.33. The van der Waals surface area contributed by atoms with E-state index in [2.05, 4.69) is 10.9 Å². The van der Waals surface area contributed by atoms with Crippen molar-refractivity contribution in [2.24, 2.45) is 11.7 Å². The lowest BCUT2D eigenvalue weighted by atomic mass is 9.77. The van der Waals surface area contributed by atoms with Gasteiger partial charge in [-0.3, -0.25) is 10.2 Å². The third kappa shape index (κ3) is 3.81. The topological polar surface area (TPSA) is 76.4 Å². The van der Waals surface area contributed by atoms with Crippen molar-refractivity contribution in [3.8, 4) is 5.75 Å². The lowest BCUT2D eigenvalue weighted by Gasteiger charge is -2.31. The minimum absolute atomic E-state index is 0.120. The lowest BCUT2D eigenvalue weighted by Crippen LogP contribution is -2.47. The van der Waals surface area contributed by atoms with Crippen molar-refractivity contribution in [3.63, 3.8) is 0 Å². The number of ketones is 1. The molecule has 0 saturated carbocycles. The van der Waals surface area contributed by atoms with Crippen LogP contribution in [0.3, 0.4) is 0 Å². The number of hydrogen-bond acceptors (Lipinski definition) is 4. The van der Waals surface area contributed by atoms with E-state index in [1.165, 1.54) is 0 Å². The zero-order valence-electron chi connectivity index (χ0n) is 14.0. The molecule has 0 bridgehead atoms. The first kappa shape index (κ1) is 17.4. The molecule has 2 unspecified atom stereocenters. The standard InChI is InChI=1S/C19H21N3O2S/c1-24-14-8-10-15-13(11-14)7-9-16(18(15)23)17(21-22-19(20)25)12-5-3-2-4-6-12/h2-6,8,10-11,16-17,21H,7,9H2,1H3,(H3,20,22,25). The van der Waals surface area contributed by atoms with Gasteiger partial charge in [-0.25, -0.2) is 5.43 Å². The average molecular weight is 355 g/mol. The van der Waals surface area contributed by atoms with Crippen LogP contribution in [0, 0.1) is 5.92 Å². The molecule has 0 radical (unpaired) electrons. The molecule has 2 aromatic carbocycles. The Morgan fingerprint density at radius 2 is 2.04 bits per heavy atom. The zero-order chi connectivity index (χ0) is 17.8. The first-order valence-corrected chi connectivity index (χ1v) is 8.58. The van der Waals surface area contributed by atoms with Crippen LogP contribution in [0.25, 0.3) is 0 Å². The number of carbonyl (C=O) groups is 1. The van der Waals surface area contributed by atoms with Gasteiger partial charge in [0.25, 0.3) is 0 Å². The Hall–Kier alpha value is -2.44. The zero-order valence-corrected chi connectivity index (χ0v) is 14.8. The van der Waals surface area contributed by atoms with E-state index in [-0.39, 0.29) is 22.9 Å². The van der Waals surface area contributed by atoms with Crippen molar-refractivity contribution in [3.05, 3.63) is 65.2 Å². The van der Waals surface area contributed by atoms with Crippen molar-refractivity contribution in [1.82, 2.24) is 10.9 Å². The third-order valence-corrected chi connectivity index (χ3v) is 4.65. The number of methoxy groups -OCH3 is 1. The summed E-state index contributed by atoms with van der Waals surface area (Å²) in [5, 5.41) is 0.148. The Kier molecular flexibility index (Phi) is 5.31. The van der Waals surface area contributed by atoms with E-state index >= 15 is 0 Å². The Bertz CT molecular complexity index is 779. The maximum Gasteiger partial charge on any atom is 0.178 e. The van der Waals surface area contributed by atoms with Gasteiger partial charge >= 0.3 is 0 Å². The van der Waals surface area contributed by atoms with Crippen LogP contribution in [-0.4, -0.2) is 18.0 Å². The van der Waals surface area contributed by atoms with Gasteiger partial charge in [0.05, 0.1) is 13.2 Å². The molecule has 3 rings (SSSR count). The van der Waals surface area contributed by atoms with E-state index < -0.39 is 0 Å². The first-order chi connectivity index (χ1) is 12.1. The number of hydrazine groups is 1. The number of nitrogens with one attached hydrogen (secondary N) is 2. The summed E-state index contributed by atoms with van der Waals surface area (Å²) in [7, 11) is 1.63. The van der Waals surface area contributed by atoms with Crippen molar-refractivity contribution in [2.45, 2.75) is 18.9 Å². The molecule has 2 aromatic rings. The number of nitrogens with two attached hydrogens (primary N) is 1. The summed E-state index contributed by atoms with van der Waals surface area (Å²) in [6.07, 6.45) is 1.56.